The van der Waals surface area contributed by atoms with Crippen molar-refractivity contribution >= 4 is 40.3 Å². The van der Waals surface area contributed by atoms with E-state index in [0.29, 0.717) is 6.54 Å². The summed E-state index contributed by atoms with van der Waals surface area (Å²) >= 11 is 7.53. The summed E-state index contributed by atoms with van der Waals surface area (Å²) in [5.41, 5.74) is 1.95. The molecule has 2 amide bonds. The van der Waals surface area contributed by atoms with E-state index in [4.69, 9.17) is 11.6 Å². The SMILES string of the molecule is O=C1NCCN1c1ccc(NCc2cc(Cl)cs2)cc1. The topological polar surface area (TPSA) is 44.4 Å². The van der Waals surface area contributed by atoms with Gasteiger partial charge in [-0.1, -0.05) is 11.6 Å². The standard InChI is InChI=1S/C14H14ClN3OS/c15-10-7-13(20-9-10)8-17-11-1-3-12(4-2-11)18-6-5-16-14(18)19/h1-4,7,9,17H,5-6,8H2,(H,16,19). The Balaban J connectivity index is 1.62. The predicted molar refractivity (Wildman–Crippen MR) is 83.8 cm³/mol. The first-order valence-electron chi connectivity index (χ1n) is 6.34. The molecule has 4 nitrogen and oxygen atoms in total. The molecule has 0 saturated carbocycles. The minimum absolute atomic E-state index is 0.0288. The van der Waals surface area contributed by atoms with Crippen molar-refractivity contribution in [2.75, 3.05) is 23.3 Å². The van der Waals surface area contributed by atoms with Gasteiger partial charge in [-0.2, -0.15) is 0 Å². The number of hydrogen-bond donors (Lipinski definition) is 2. The fourth-order valence-electron chi connectivity index (χ4n) is 2.11. The fourth-order valence-corrected chi connectivity index (χ4v) is 3.13. The van der Waals surface area contributed by atoms with E-state index in [1.165, 1.54) is 4.88 Å². The van der Waals surface area contributed by atoms with Crippen LogP contribution < -0.4 is 15.5 Å². The van der Waals surface area contributed by atoms with Crippen LogP contribution in [-0.4, -0.2) is 19.1 Å². The lowest BCUT2D eigenvalue weighted by Crippen LogP contribution is -2.27. The number of nitrogens with zero attached hydrogens (tertiary/aromatic N) is 1. The molecule has 0 unspecified atom stereocenters. The maximum atomic E-state index is 11.6. The van der Waals surface area contributed by atoms with Crippen molar-refractivity contribution in [3.05, 3.63) is 45.6 Å². The van der Waals surface area contributed by atoms with Crippen molar-refractivity contribution in [1.29, 1.82) is 0 Å². The van der Waals surface area contributed by atoms with Crippen LogP contribution in [0.25, 0.3) is 0 Å². The quantitative estimate of drug-likeness (QED) is 0.907. The molecule has 1 aliphatic rings. The average Bonchev–Trinajstić information content (AvgIpc) is 3.06. The first-order valence-corrected chi connectivity index (χ1v) is 7.60. The summed E-state index contributed by atoms with van der Waals surface area (Å²) in [5.74, 6) is 0. The molecule has 1 saturated heterocycles. The number of hydrogen-bond acceptors (Lipinski definition) is 3. The minimum Gasteiger partial charge on any atom is -0.380 e. The maximum Gasteiger partial charge on any atom is 0.321 e. The third-order valence-corrected chi connectivity index (χ3v) is 4.41. The third-order valence-electron chi connectivity index (χ3n) is 3.12. The second kappa shape index (κ2) is 5.73. The van der Waals surface area contributed by atoms with Crippen molar-refractivity contribution in [2.24, 2.45) is 0 Å². The number of urea groups is 1. The van der Waals surface area contributed by atoms with Crippen molar-refractivity contribution in [3.63, 3.8) is 0 Å². The summed E-state index contributed by atoms with van der Waals surface area (Å²) < 4.78 is 0. The van der Waals surface area contributed by atoms with Gasteiger partial charge in [-0.3, -0.25) is 4.90 Å². The van der Waals surface area contributed by atoms with E-state index in [0.717, 1.165) is 29.5 Å². The highest BCUT2D eigenvalue weighted by atomic mass is 35.5. The molecule has 104 valence electrons. The number of carbonyl (C=O) groups is 1. The minimum atomic E-state index is -0.0288. The monoisotopic (exact) mass is 307 g/mol. The third kappa shape index (κ3) is 2.89. The number of halogens is 1. The second-order valence-electron chi connectivity index (χ2n) is 4.52. The van der Waals surface area contributed by atoms with Crippen LogP contribution in [0.5, 0.6) is 0 Å². The van der Waals surface area contributed by atoms with Crippen LogP contribution in [0.1, 0.15) is 4.88 Å². The highest BCUT2D eigenvalue weighted by Gasteiger charge is 2.20. The zero-order chi connectivity index (χ0) is 13.9. The number of amides is 2. The Morgan fingerprint density at radius 1 is 1.35 bits per heavy atom. The molecule has 0 radical (unpaired) electrons. The largest absolute Gasteiger partial charge is 0.380 e. The van der Waals surface area contributed by atoms with Gasteiger partial charge in [-0.15, -0.1) is 11.3 Å². The first kappa shape index (κ1) is 13.3. The highest BCUT2D eigenvalue weighted by molar-refractivity contribution is 7.10. The van der Waals surface area contributed by atoms with Crippen LogP contribution in [0.15, 0.2) is 35.7 Å². The molecule has 1 fully saturated rings. The molecule has 3 rings (SSSR count). The predicted octanol–water partition coefficient (Wildman–Crippen LogP) is 3.54. The molecule has 1 aliphatic heterocycles. The number of carbonyl (C=O) groups excluding carboxylic acids is 1. The Hall–Kier alpha value is -1.72. The average molecular weight is 308 g/mol. The van der Waals surface area contributed by atoms with Gasteiger partial charge in [0.15, 0.2) is 0 Å². The number of benzene rings is 1. The molecule has 0 spiro atoms. The van der Waals surface area contributed by atoms with E-state index in [9.17, 15) is 4.79 Å². The molecule has 2 aromatic rings. The number of rotatable bonds is 4. The van der Waals surface area contributed by atoms with Crippen LogP contribution in [0, 0.1) is 0 Å². The molecule has 1 aromatic heterocycles. The summed E-state index contributed by atoms with van der Waals surface area (Å²) in [6.45, 7) is 2.18. The van der Waals surface area contributed by atoms with Gasteiger partial charge < -0.3 is 10.6 Å². The van der Waals surface area contributed by atoms with Gasteiger partial charge in [0, 0.05) is 41.3 Å². The first-order chi connectivity index (χ1) is 9.72. The lowest BCUT2D eigenvalue weighted by atomic mass is 10.2. The van der Waals surface area contributed by atoms with E-state index in [1.54, 1.807) is 16.2 Å². The normalized spacial score (nSPS) is 14.4. The van der Waals surface area contributed by atoms with Gasteiger partial charge in [-0.25, -0.2) is 4.79 Å². The van der Waals surface area contributed by atoms with Crippen molar-refractivity contribution < 1.29 is 4.79 Å². The fraction of sp³-hybridized carbons (Fsp3) is 0.214. The van der Waals surface area contributed by atoms with Crippen LogP contribution in [0.2, 0.25) is 5.02 Å². The van der Waals surface area contributed by atoms with E-state index in [-0.39, 0.29) is 6.03 Å². The molecule has 6 heteroatoms. The molecule has 0 aliphatic carbocycles. The smallest absolute Gasteiger partial charge is 0.321 e. The lowest BCUT2D eigenvalue weighted by Gasteiger charge is -2.14. The Labute approximate surface area is 126 Å². The molecule has 1 aromatic carbocycles. The molecular formula is C14H14ClN3OS. The van der Waals surface area contributed by atoms with E-state index < -0.39 is 0 Å². The number of thiophene rings is 1. The zero-order valence-corrected chi connectivity index (χ0v) is 12.3. The number of nitrogens with one attached hydrogen (secondary N) is 2. The van der Waals surface area contributed by atoms with Gasteiger partial charge in [0.2, 0.25) is 0 Å². The highest BCUT2D eigenvalue weighted by Crippen LogP contribution is 2.22. The lowest BCUT2D eigenvalue weighted by molar-refractivity contribution is 0.252. The van der Waals surface area contributed by atoms with Crippen molar-refractivity contribution in [1.82, 2.24) is 5.32 Å². The Morgan fingerprint density at radius 3 is 2.75 bits per heavy atom. The number of anilines is 2. The van der Waals surface area contributed by atoms with Crippen LogP contribution >= 0.6 is 22.9 Å². The van der Waals surface area contributed by atoms with E-state index >= 15 is 0 Å². The van der Waals surface area contributed by atoms with Gasteiger partial charge in [0.25, 0.3) is 0 Å². The van der Waals surface area contributed by atoms with Gasteiger partial charge in [0.1, 0.15) is 0 Å². The molecule has 2 N–H and O–H groups in total. The Kier molecular flexibility index (Phi) is 3.80. The van der Waals surface area contributed by atoms with E-state index in [1.807, 2.05) is 35.7 Å². The molecule has 0 bridgehead atoms. The summed E-state index contributed by atoms with van der Waals surface area (Å²) in [7, 11) is 0. The van der Waals surface area contributed by atoms with Gasteiger partial charge in [0.05, 0.1) is 5.02 Å². The summed E-state index contributed by atoms with van der Waals surface area (Å²) in [5, 5.41) is 8.83. The van der Waals surface area contributed by atoms with Crippen LogP contribution in [0.4, 0.5) is 16.2 Å². The summed E-state index contributed by atoms with van der Waals surface area (Å²) in [4.78, 5) is 14.5. The van der Waals surface area contributed by atoms with Crippen molar-refractivity contribution in [3.8, 4) is 0 Å². The molecular weight excluding hydrogens is 294 g/mol. The van der Waals surface area contributed by atoms with E-state index in [2.05, 4.69) is 10.6 Å². The maximum absolute atomic E-state index is 11.6. The van der Waals surface area contributed by atoms with Gasteiger partial charge >= 0.3 is 6.03 Å². The van der Waals surface area contributed by atoms with Crippen LogP contribution in [-0.2, 0) is 6.54 Å². The molecule has 20 heavy (non-hydrogen) atoms. The second-order valence-corrected chi connectivity index (χ2v) is 5.95. The molecule has 0 atom stereocenters. The Morgan fingerprint density at radius 2 is 2.15 bits per heavy atom. The van der Waals surface area contributed by atoms with Crippen LogP contribution in [0.3, 0.4) is 0 Å². The summed E-state index contributed by atoms with van der Waals surface area (Å²) in [6.07, 6.45) is 0. The Bertz CT molecular complexity index is 611. The zero-order valence-electron chi connectivity index (χ0n) is 10.7. The van der Waals surface area contributed by atoms with Crippen molar-refractivity contribution in [2.45, 2.75) is 6.54 Å². The van der Waals surface area contributed by atoms with Gasteiger partial charge in [-0.05, 0) is 30.3 Å². The molecule has 2 heterocycles. The summed E-state index contributed by atoms with van der Waals surface area (Å²) in [6, 6.07) is 9.80.